The summed E-state index contributed by atoms with van der Waals surface area (Å²) < 4.78 is 0. The van der Waals surface area contributed by atoms with Crippen molar-refractivity contribution in [3.05, 3.63) is 29.8 Å². The van der Waals surface area contributed by atoms with Crippen molar-refractivity contribution in [1.82, 2.24) is 0 Å². The summed E-state index contributed by atoms with van der Waals surface area (Å²) in [5.74, 6) is -1.01. The van der Waals surface area contributed by atoms with E-state index in [2.05, 4.69) is 0 Å². The Bertz CT molecular complexity index is 398. The van der Waals surface area contributed by atoms with Crippen molar-refractivity contribution >= 4 is 18.4 Å². The monoisotopic (exact) mass is 287 g/mol. The molecule has 1 rings (SSSR count). The number of phenols is 1. The van der Waals surface area contributed by atoms with Crippen LogP contribution in [0, 0.1) is 5.92 Å². The zero-order chi connectivity index (χ0) is 13.8. The maximum absolute atomic E-state index is 11.2. The van der Waals surface area contributed by atoms with Crippen LogP contribution in [0.15, 0.2) is 24.3 Å². The summed E-state index contributed by atoms with van der Waals surface area (Å²) in [5, 5.41) is 18.3. The van der Waals surface area contributed by atoms with E-state index in [1.807, 2.05) is 26.0 Å². The first-order valence-corrected chi connectivity index (χ1v) is 6.07. The molecule has 1 aromatic carbocycles. The van der Waals surface area contributed by atoms with E-state index < -0.39 is 17.4 Å². The largest absolute Gasteiger partial charge is 0.508 e. The summed E-state index contributed by atoms with van der Waals surface area (Å²) in [5.41, 5.74) is 6.41. The van der Waals surface area contributed by atoms with Gasteiger partial charge in [0.1, 0.15) is 5.75 Å². The highest BCUT2D eigenvalue weighted by atomic mass is 35.5. The molecule has 0 saturated carbocycles. The summed E-state index contributed by atoms with van der Waals surface area (Å²) in [6, 6.07) is 6.83. The third kappa shape index (κ3) is 7.03. The molecule has 1 unspecified atom stereocenters. The van der Waals surface area contributed by atoms with Crippen molar-refractivity contribution in [3.63, 3.8) is 0 Å². The molecule has 5 heteroatoms. The molecule has 0 aromatic heterocycles. The van der Waals surface area contributed by atoms with Crippen molar-refractivity contribution in [1.29, 1.82) is 0 Å². The summed E-state index contributed by atoms with van der Waals surface area (Å²) >= 11 is 0. The SMILES string of the molecule is CC(C)(N)CC(CCc1ccc(O)cc1)C(=O)O.Cl. The molecule has 0 aliphatic carbocycles. The minimum absolute atomic E-state index is 0. The predicted molar refractivity (Wildman–Crippen MR) is 77.7 cm³/mol. The fourth-order valence-corrected chi connectivity index (χ4v) is 1.95. The maximum atomic E-state index is 11.2. The van der Waals surface area contributed by atoms with Gasteiger partial charge in [0.05, 0.1) is 5.92 Å². The lowest BCUT2D eigenvalue weighted by Crippen LogP contribution is -2.36. The Balaban J connectivity index is 0.00000324. The normalized spacial score (nSPS) is 12.6. The smallest absolute Gasteiger partial charge is 0.306 e. The van der Waals surface area contributed by atoms with Crippen LogP contribution >= 0.6 is 12.4 Å². The van der Waals surface area contributed by atoms with Crippen LogP contribution in [0.1, 0.15) is 32.3 Å². The van der Waals surface area contributed by atoms with Crippen molar-refractivity contribution in [3.8, 4) is 5.75 Å². The number of nitrogens with two attached hydrogens (primary N) is 1. The van der Waals surface area contributed by atoms with Gasteiger partial charge < -0.3 is 15.9 Å². The standard InChI is InChI=1S/C14H21NO3.ClH/c1-14(2,15)9-11(13(17)18)6-3-10-4-7-12(16)8-5-10;/h4-5,7-8,11,16H,3,6,9,15H2,1-2H3,(H,17,18);1H. The quantitative estimate of drug-likeness (QED) is 0.751. The topological polar surface area (TPSA) is 83.5 Å². The Morgan fingerprint density at radius 3 is 2.26 bits per heavy atom. The fraction of sp³-hybridized carbons (Fsp3) is 0.500. The number of halogens is 1. The Morgan fingerprint density at radius 1 is 1.32 bits per heavy atom. The second-order valence-corrected chi connectivity index (χ2v) is 5.43. The van der Waals surface area contributed by atoms with Gasteiger partial charge in [-0.1, -0.05) is 12.1 Å². The van der Waals surface area contributed by atoms with Gasteiger partial charge in [0, 0.05) is 5.54 Å². The van der Waals surface area contributed by atoms with Gasteiger partial charge in [0.15, 0.2) is 0 Å². The molecule has 0 bridgehead atoms. The third-order valence-electron chi connectivity index (χ3n) is 2.84. The molecule has 1 aromatic rings. The summed E-state index contributed by atoms with van der Waals surface area (Å²) in [6.45, 7) is 3.67. The number of hydrogen-bond acceptors (Lipinski definition) is 3. The van der Waals surface area contributed by atoms with Crippen molar-refractivity contribution in [2.24, 2.45) is 11.7 Å². The lowest BCUT2D eigenvalue weighted by molar-refractivity contribution is -0.142. The van der Waals surface area contributed by atoms with Crippen molar-refractivity contribution < 1.29 is 15.0 Å². The molecule has 108 valence electrons. The Kier molecular flexibility index (Phi) is 6.87. The molecule has 0 aliphatic heterocycles. The molecule has 0 heterocycles. The highest BCUT2D eigenvalue weighted by Crippen LogP contribution is 2.20. The lowest BCUT2D eigenvalue weighted by Gasteiger charge is -2.23. The van der Waals surface area contributed by atoms with E-state index >= 15 is 0 Å². The minimum Gasteiger partial charge on any atom is -0.508 e. The molecule has 1 atom stereocenters. The van der Waals surface area contributed by atoms with E-state index in [0.29, 0.717) is 19.3 Å². The van der Waals surface area contributed by atoms with Gasteiger partial charge >= 0.3 is 5.97 Å². The van der Waals surface area contributed by atoms with Gasteiger partial charge in [-0.2, -0.15) is 0 Å². The van der Waals surface area contributed by atoms with Gasteiger partial charge in [-0.15, -0.1) is 12.4 Å². The number of hydrogen-bond donors (Lipinski definition) is 3. The van der Waals surface area contributed by atoms with E-state index in [1.165, 1.54) is 0 Å². The Hall–Kier alpha value is -1.26. The number of benzene rings is 1. The van der Waals surface area contributed by atoms with Gasteiger partial charge in [0.25, 0.3) is 0 Å². The lowest BCUT2D eigenvalue weighted by atomic mass is 9.87. The van der Waals surface area contributed by atoms with E-state index in [9.17, 15) is 4.79 Å². The second-order valence-electron chi connectivity index (χ2n) is 5.43. The zero-order valence-electron chi connectivity index (χ0n) is 11.3. The number of aliphatic carboxylic acids is 1. The highest BCUT2D eigenvalue weighted by Gasteiger charge is 2.24. The van der Waals surface area contributed by atoms with E-state index in [4.69, 9.17) is 15.9 Å². The Morgan fingerprint density at radius 2 is 1.84 bits per heavy atom. The van der Waals surface area contributed by atoms with Gasteiger partial charge in [-0.05, 0) is 50.8 Å². The van der Waals surface area contributed by atoms with Crippen LogP contribution in [0.2, 0.25) is 0 Å². The zero-order valence-corrected chi connectivity index (χ0v) is 12.1. The molecule has 0 fully saturated rings. The molecule has 19 heavy (non-hydrogen) atoms. The van der Waals surface area contributed by atoms with Crippen molar-refractivity contribution in [2.75, 3.05) is 0 Å². The van der Waals surface area contributed by atoms with Crippen LogP contribution in [0.3, 0.4) is 0 Å². The Labute approximate surface area is 120 Å². The first-order valence-electron chi connectivity index (χ1n) is 6.07. The molecule has 0 spiro atoms. The molecular formula is C14H22ClNO3. The first kappa shape index (κ1) is 17.7. The number of carboxylic acid groups (broad SMARTS) is 1. The van der Waals surface area contributed by atoms with Crippen LogP contribution in [-0.2, 0) is 11.2 Å². The van der Waals surface area contributed by atoms with Crippen LogP contribution in [0.4, 0.5) is 0 Å². The summed E-state index contributed by atoms with van der Waals surface area (Å²) in [7, 11) is 0. The number of phenolic OH excluding ortho intramolecular Hbond substituents is 1. The number of carbonyl (C=O) groups is 1. The van der Waals surface area contributed by atoms with E-state index in [-0.39, 0.29) is 18.2 Å². The van der Waals surface area contributed by atoms with Gasteiger partial charge in [0.2, 0.25) is 0 Å². The average Bonchev–Trinajstić information content (AvgIpc) is 2.24. The predicted octanol–water partition coefficient (Wildman–Crippen LogP) is 2.57. The van der Waals surface area contributed by atoms with Crippen molar-refractivity contribution in [2.45, 2.75) is 38.6 Å². The minimum atomic E-state index is -0.799. The molecule has 0 aliphatic rings. The van der Waals surface area contributed by atoms with Crippen LogP contribution < -0.4 is 5.73 Å². The average molecular weight is 288 g/mol. The number of aryl methyl sites for hydroxylation is 1. The maximum Gasteiger partial charge on any atom is 0.306 e. The van der Waals surface area contributed by atoms with E-state index in [1.54, 1.807) is 12.1 Å². The number of rotatable bonds is 6. The van der Waals surface area contributed by atoms with Crippen LogP contribution in [0.5, 0.6) is 5.75 Å². The highest BCUT2D eigenvalue weighted by molar-refractivity contribution is 5.85. The third-order valence-corrected chi connectivity index (χ3v) is 2.84. The molecule has 0 amide bonds. The first-order chi connectivity index (χ1) is 8.28. The van der Waals surface area contributed by atoms with Gasteiger partial charge in [-0.3, -0.25) is 4.79 Å². The molecule has 0 radical (unpaired) electrons. The molecular weight excluding hydrogens is 266 g/mol. The molecule has 4 N–H and O–H groups in total. The summed E-state index contributed by atoms with van der Waals surface area (Å²) in [4.78, 5) is 11.2. The van der Waals surface area contributed by atoms with E-state index in [0.717, 1.165) is 5.56 Å². The summed E-state index contributed by atoms with van der Waals surface area (Å²) in [6.07, 6.45) is 1.69. The number of aromatic hydroxyl groups is 1. The number of carboxylic acids is 1. The molecule has 0 saturated heterocycles. The van der Waals surface area contributed by atoms with Gasteiger partial charge in [-0.25, -0.2) is 0 Å². The second kappa shape index (κ2) is 7.36. The molecule has 4 nitrogen and oxygen atoms in total. The fourth-order valence-electron chi connectivity index (χ4n) is 1.95. The van der Waals surface area contributed by atoms with Crippen LogP contribution in [-0.4, -0.2) is 21.7 Å². The van der Waals surface area contributed by atoms with Crippen LogP contribution in [0.25, 0.3) is 0 Å².